The number of hydrogen-bond acceptors (Lipinski definition) is 5. The van der Waals surface area contributed by atoms with Crippen LogP contribution in [0.2, 0.25) is 0 Å². The molecule has 0 aromatic carbocycles. The molecule has 0 spiro atoms. The van der Waals surface area contributed by atoms with Gasteiger partial charge in [-0.1, -0.05) is 12.1 Å². The Balaban J connectivity index is 1.39. The van der Waals surface area contributed by atoms with Gasteiger partial charge in [0.1, 0.15) is 5.69 Å². The van der Waals surface area contributed by atoms with Crippen molar-refractivity contribution in [3.8, 4) is 10.4 Å². The molecule has 0 N–H and O–H groups in total. The summed E-state index contributed by atoms with van der Waals surface area (Å²) in [6, 6.07) is 13.7. The van der Waals surface area contributed by atoms with Gasteiger partial charge in [-0.3, -0.25) is 9.78 Å². The maximum absolute atomic E-state index is 12.7. The third kappa shape index (κ3) is 3.18. The molecule has 5 heterocycles. The highest BCUT2D eigenvalue weighted by atomic mass is 32.1. The number of carbonyl (C=O) groups excluding carboxylic acids is 1. The van der Waals surface area contributed by atoms with E-state index in [2.05, 4.69) is 22.5 Å². The molecule has 7 heteroatoms. The maximum Gasteiger partial charge on any atom is 0.272 e. The zero-order valence-electron chi connectivity index (χ0n) is 15.2. The number of thiophene rings is 1. The van der Waals surface area contributed by atoms with E-state index in [1.54, 1.807) is 23.6 Å². The Hall–Kier alpha value is -3.06. The minimum Gasteiger partial charge on any atom is -0.337 e. The highest BCUT2D eigenvalue weighted by molar-refractivity contribution is 7.13. The molecule has 6 nitrogen and oxygen atoms in total. The Labute approximate surface area is 166 Å². The Morgan fingerprint density at radius 2 is 2.11 bits per heavy atom. The van der Waals surface area contributed by atoms with Crippen molar-refractivity contribution >= 4 is 22.9 Å². The number of amides is 1. The highest BCUT2D eigenvalue weighted by Crippen LogP contribution is 2.28. The third-order valence-electron chi connectivity index (χ3n) is 5.11. The molecule has 1 saturated heterocycles. The van der Waals surface area contributed by atoms with Crippen molar-refractivity contribution in [3.05, 3.63) is 71.8 Å². The number of likely N-dealkylation sites (tertiary alicyclic amines) is 1. The lowest BCUT2D eigenvalue weighted by atomic mass is 9.97. The SMILES string of the molecule is O=C(c1ccccn1)N1CCC[C@@H](c2nc3ccc(-c4cccs4)cn3n2)C1. The molecule has 28 heavy (non-hydrogen) atoms. The molecule has 1 atom stereocenters. The quantitative estimate of drug-likeness (QED) is 0.534. The molecule has 1 aliphatic heterocycles. The molecule has 5 rings (SSSR count). The average Bonchev–Trinajstić information content (AvgIpc) is 3.43. The number of hydrogen-bond donors (Lipinski definition) is 0. The van der Waals surface area contributed by atoms with Gasteiger partial charge >= 0.3 is 0 Å². The van der Waals surface area contributed by atoms with Crippen LogP contribution in [0.1, 0.15) is 35.1 Å². The Bertz CT molecular complexity index is 1110. The average molecular weight is 389 g/mol. The maximum atomic E-state index is 12.7. The topological polar surface area (TPSA) is 63.4 Å². The van der Waals surface area contributed by atoms with E-state index in [9.17, 15) is 4.79 Å². The molecule has 0 saturated carbocycles. The molecule has 1 amide bonds. The largest absolute Gasteiger partial charge is 0.337 e. The van der Waals surface area contributed by atoms with E-state index in [4.69, 9.17) is 10.1 Å². The molecule has 0 bridgehead atoms. The van der Waals surface area contributed by atoms with Gasteiger partial charge in [0, 0.05) is 41.8 Å². The van der Waals surface area contributed by atoms with Crippen LogP contribution in [-0.4, -0.2) is 43.5 Å². The summed E-state index contributed by atoms with van der Waals surface area (Å²) in [5.41, 5.74) is 2.46. The molecular formula is C21H19N5OS. The molecule has 140 valence electrons. The zero-order chi connectivity index (χ0) is 18.9. The van der Waals surface area contributed by atoms with Gasteiger partial charge in [0.25, 0.3) is 5.91 Å². The van der Waals surface area contributed by atoms with Crippen LogP contribution in [0.3, 0.4) is 0 Å². The molecule has 0 unspecified atom stereocenters. The normalized spacial score (nSPS) is 17.1. The number of carbonyl (C=O) groups is 1. The van der Waals surface area contributed by atoms with Crippen molar-refractivity contribution < 1.29 is 4.79 Å². The number of rotatable bonds is 3. The number of fused-ring (bicyclic) bond motifs is 1. The summed E-state index contributed by atoms with van der Waals surface area (Å²) in [6.45, 7) is 1.38. The Morgan fingerprint density at radius 1 is 1.14 bits per heavy atom. The van der Waals surface area contributed by atoms with Crippen LogP contribution in [0, 0.1) is 0 Å². The minimum atomic E-state index is -0.0194. The number of pyridine rings is 2. The van der Waals surface area contributed by atoms with Crippen molar-refractivity contribution in [1.82, 2.24) is 24.5 Å². The second-order valence-electron chi connectivity index (χ2n) is 6.97. The second-order valence-corrected chi connectivity index (χ2v) is 7.92. The Morgan fingerprint density at radius 3 is 2.93 bits per heavy atom. The predicted octanol–water partition coefficient (Wildman–Crippen LogP) is 3.87. The fraction of sp³-hybridized carbons (Fsp3) is 0.238. The van der Waals surface area contributed by atoms with Crippen LogP contribution >= 0.6 is 11.3 Å². The zero-order valence-corrected chi connectivity index (χ0v) is 16.0. The second kappa shape index (κ2) is 7.16. The van der Waals surface area contributed by atoms with Gasteiger partial charge in [0.05, 0.1) is 0 Å². The first-order chi connectivity index (χ1) is 13.8. The number of piperidine rings is 1. The van der Waals surface area contributed by atoms with E-state index in [0.717, 1.165) is 36.4 Å². The van der Waals surface area contributed by atoms with Crippen LogP contribution in [0.4, 0.5) is 0 Å². The number of aromatic nitrogens is 4. The number of nitrogens with zero attached hydrogens (tertiary/aromatic N) is 5. The minimum absolute atomic E-state index is 0.0194. The van der Waals surface area contributed by atoms with Gasteiger partial charge in [-0.15, -0.1) is 11.3 Å². The van der Waals surface area contributed by atoms with Gasteiger partial charge in [-0.2, -0.15) is 5.10 Å². The van der Waals surface area contributed by atoms with Crippen molar-refractivity contribution in [3.63, 3.8) is 0 Å². The standard InChI is InChI=1S/C21H19N5OS/c27-21(17-6-1-2-10-22-17)25-11-3-5-16(13-25)20-23-19-9-8-15(14-26(19)24-20)18-7-4-12-28-18/h1-2,4,6-10,12,14,16H,3,5,11,13H2/t16-/m1/s1. The molecule has 4 aromatic heterocycles. The van der Waals surface area contributed by atoms with E-state index in [1.165, 1.54) is 4.88 Å². The summed E-state index contributed by atoms with van der Waals surface area (Å²) in [5.74, 6) is 0.933. The molecule has 1 fully saturated rings. The van der Waals surface area contributed by atoms with Crippen LogP contribution in [0.25, 0.3) is 16.1 Å². The fourth-order valence-corrected chi connectivity index (χ4v) is 4.40. The lowest BCUT2D eigenvalue weighted by Gasteiger charge is -2.31. The summed E-state index contributed by atoms with van der Waals surface area (Å²) in [4.78, 5) is 24.8. The molecule has 0 radical (unpaired) electrons. The summed E-state index contributed by atoms with van der Waals surface area (Å²) < 4.78 is 1.85. The van der Waals surface area contributed by atoms with E-state index in [-0.39, 0.29) is 11.8 Å². The summed E-state index contributed by atoms with van der Waals surface area (Å²) in [5, 5.41) is 6.80. The van der Waals surface area contributed by atoms with Crippen molar-refractivity contribution in [2.24, 2.45) is 0 Å². The van der Waals surface area contributed by atoms with Crippen molar-refractivity contribution in [2.45, 2.75) is 18.8 Å². The van der Waals surface area contributed by atoms with Gasteiger partial charge < -0.3 is 4.90 Å². The lowest BCUT2D eigenvalue weighted by molar-refractivity contribution is 0.0698. The van der Waals surface area contributed by atoms with Gasteiger partial charge in [0.2, 0.25) is 0 Å². The first-order valence-corrected chi connectivity index (χ1v) is 10.3. The summed E-state index contributed by atoms with van der Waals surface area (Å²) in [7, 11) is 0. The van der Waals surface area contributed by atoms with Crippen LogP contribution in [0.15, 0.2) is 60.2 Å². The molecule has 0 aliphatic carbocycles. The first kappa shape index (κ1) is 17.1. The molecule has 1 aliphatic rings. The molecular weight excluding hydrogens is 370 g/mol. The van der Waals surface area contributed by atoms with E-state index in [0.29, 0.717) is 12.2 Å². The van der Waals surface area contributed by atoms with Gasteiger partial charge in [-0.05, 0) is 48.6 Å². The van der Waals surface area contributed by atoms with Crippen molar-refractivity contribution in [1.29, 1.82) is 0 Å². The summed E-state index contributed by atoms with van der Waals surface area (Å²) >= 11 is 1.71. The van der Waals surface area contributed by atoms with Crippen LogP contribution in [0.5, 0.6) is 0 Å². The lowest BCUT2D eigenvalue weighted by Crippen LogP contribution is -2.39. The Kier molecular flexibility index (Phi) is 4.37. The first-order valence-electron chi connectivity index (χ1n) is 9.38. The van der Waals surface area contributed by atoms with Gasteiger partial charge in [0.15, 0.2) is 11.5 Å². The van der Waals surface area contributed by atoms with E-state index >= 15 is 0 Å². The summed E-state index contributed by atoms with van der Waals surface area (Å²) in [6.07, 6.45) is 5.61. The third-order valence-corrected chi connectivity index (χ3v) is 6.03. The smallest absolute Gasteiger partial charge is 0.272 e. The predicted molar refractivity (Wildman–Crippen MR) is 108 cm³/mol. The monoisotopic (exact) mass is 389 g/mol. The van der Waals surface area contributed by atoms with Crippen molar-refractivity contribution in [2.75, 3.05) is 13.1 Å². The van der Waals surface area contributed by atoms with Gasteiger partial charge in [-0.25, -0.2) is 9.50 Å². The highest BCUT2D eigenvalue weighted by Gasteiger charge is 2.28. The van der Waals surface area contributed by atoms with E-state index < -0.39 is 0 Å². The molecule has 4 aromatic rings. The van der Waals surface area contributed by atoms with E-state index in [1.807, 2.05) is 39.9 Å². The fourth-order valence-electron chi connectivity index (χ4n) is 3.69. The van der Waals surface area contributed by atoms with Crippen LogP contribution in [-0.2, 0) is 0 Å². The van der Waals surface area contributed by atoms with Crippen LogP contribution < -0.4 is 0 Å².